The van der Waals surface area contributed by atoms with Crippen LogP contribution in [-0.2, 0) is 19.5 Å². The minimum atomic E-state index is -0.837. The number of aromatic nitrogens is 2. The molecule has 0 saturated carbocycles. The molecule has 42 heavy (non-hydrogen) atoms. The van der Waals surface area contributed by atoms with Crippen molar-refractivity contribution in [3.63, 3.8) is 0 Å². The molecule has 1 unspecified atom stereocenters. The Morgan fingerprint density at radius 2 is 1.71 bits per heavy atom. The van der Waals surface area contributed by atoms with Crippen molar-refractivity contribution in [3.8, 4) is 0 Å². The molecule has 3 N–H and O–H groups in total. The third-order valence-electron chi connectivity index (χ3n) is 7.84. The Labute approximate surface area is 247 Å². The molecule has 8 nitrogen and oxygen atoms in total. The van der Waals surface area contributed by atoms with Crippen LogP contribution in [0, 0.1) is 0 Å². The summed E-state index contributed by atoms with van der Waals surface area (Å²) in [7, 11) is 0. The van der Waals surface area contributed by atoms with E-state index in [9.17, 15) is 14.7 Å². The number of aliphatic hydroxyl groups excluding tert-OH is 1. The zero-order chi connectivity index (χ0) is 29.3. The fourth-order valence-electron chi connectivity index (χ4n) is 5.57. The van der Waals surface area contributed by atoms with Gasteiger partial charge in [-0.3, -0.25) is 14.3 Å². The number of likely N-dealkylation sites (tertiary alicyclic amines) is 1. The van der Waals surface area contributed by atoms with Crippen molar-refractivity contribution < 1.29 is 14.7 Å². The van der Waals surface area contributed by atoms with Crippen molar-refractivity contribution in [3.05, 3.63) is 125 Å². The molecule has 1 aromatic heterocycles. The number of benzene rings is 3. The van der Waals surface area contributed by atoms with Crippen LogP contribution in [0.4, 0.5) is 0 Å². The second kappa shape index (κ2) is 14.1. The first-order valence-electron chi connectivity index (χ1n) is 14.7. The maximum absolute atomic E-state index is 13.6. The highest BCUT2D eigenvalue weighted by atomic mass is 16.3. The maximum atomic E-state index is 13.6. The van der Waals surface area contributed by atoms with Crippen molar-refractivity contribution in [2.45, 2.75) is 57.5 Å². The van der Waals surface area contributed by atoms with Crippen LogP contribution < -0.4 is 10.6 Å². The molecule has 4 aromatic rings. The van der Waals surface area contributed by atoms with Gasteiger partial charge in [-0.25, -0.2) is 0 Å². The Balaban J connectivity index is 1.27. The van der Waals surface area contributed by atoms with Crippen LogP contribution in [0.5, 0.6) is 0 Å². The minimum Gasteiger partial charge on any atom is -0.390 e. The van der Waals surface area contributed by atoms with Gasteiger partial charge in [-0.15, -0.1) is 0 Å². The summed E-state index contributed by atoms with van der Waals surface area (Å²) < 4.78 is 1.86. The highest BCUT2D eigenvalue weighted by Gasteiger charge is 2.31. The average Bonchev–Trinajstić information content (AvgIpc) is 3.71. The number of carbonyl (C=O) groups excluding carboxylic acids is 2. The summed E-state index contributed by atoms with van der Waals surface area (Å²) in [5, 5.41) is 21.8. The fourth-order valence-corrected chi connectivity index (χ4v) is 5.57. The monoisotopic (exact) mass is 565 g/mol. The summed E-state index contributed by atoms with van der Waals surface area (Å²) in [6.07, 6.45) is 5.28. The molecule has 218 valence electrons. The van der Waals surface area contributed by atoms with E-state index in [2.05, 4.69) is 27.9 Å². The maximum Gasteiger partial charge on any atom is 0.254 e. The number of aliphatic hydroxyl groups is 1. The molecule has 1 fully saturated rings. The van der Waals surface area contributed by atoms with Gasteiger partial charge in [0.05, 0.1) is 24.4 Å². The van der Waals surface area contributed by atoms with Gasteiger partial charge in [0.2, 0.25) is 0 Å². The Hall–Kier alpha value is -4.27. The van der Waals surface area contributed by atoms with Crippen LogP contribution in [0.2, 0.25) is 0 Å². The topological polar surface area (TPSA) is 99.5 Å². The molecule has 3 atom stereocenters. The molecule has 8 heteroatoms. The van der Waals surface area contributed by atoms with Gasteiger partial charge in [-0.2, -0.15) is 5.10 Å². The van der Waals surface area contributed by atoms with Gasteiger partial charge in [-0.1, -0.05) is 66.7 Å². The Morgan fingerprint density at radius 1 is 0.976 bits per heavy atom. The van der Waals surface area contributed by atoms with Crippen LogP contribution in [0.25, 0.3) is 0 Å². The largest absolute Gasteiger partial charge is 0.390 e. The second-order valence-electron chi connectivity index (χ2n) is 10.8. The van der Waals surface area contributed by atoms with Gasteiger partial charge in [0.15, 0.2) is 0 Å². The summed E-state index contributed by atoms with van der Waals surface area (Å²) in [4.78, 5) is 29.0. The highest BCUT2D eigenvalue weighted by molar-refractivity contribution is 6.00. The number of hydrogen-bond donors (Lipinski definition) is 3. The first-order valence-corrected chi connectivity index (χ1v) is 14.7. The van der Waals surface area contributed by atoms with Gasteiger partial charge in [0.25, 0.3) is 11.8 Å². The number of carbonyl (C=O) groups is 2. The van der Waals surface area contributed by atoms with Gasteiger partial charge in [-0.05, 0) is 55.5 Å². The molecular formula is C34H39N5O3. The standard InChI is InChI=1S/C34H39N5O3/c1-2-38-24-26(22-36-38)21-35-23-32(40)30(19-25-11-5-3-6-12-25)37-33(41)28-15-9-16-29(20-28)34(42)39-18-10-17-31(39)27-13-7-4-8-14-27/h3-9,11-16,20,22,24,30-32,35,40H,2,10,17-19,21,23H2,1H3,(H,37,41)/t30-,31?,32-/m0/s1. The number of rotatable bonds is 12. The highest BCUT2D eigenvalue weighted by Crippen LogP contribution is 2.33. The fraction of sp³-hybridized carbons (Fsp3) is 0.324. The van der Waals surface area contributed by atoms with Gasteiger partial charge in [0.1, 0.15) is 0 Å². The number of amides is 2. The molecule has 5 rings (SSSR count). The lowest BCUT2D eigenvalue weighted by atomic mass is 10.00. The molecule has 0 bridgehead atoms. The quantitative estimate of drug-likeness (QED) is 0.237. The van der Waals surface area contributed by atoms with Crippen LogP contribution in [-0.4, -0.2) is 56.8 Å². The predicted molar refractivity (Wildman–Crippen MR) is 163 cm³/mol. The summed E-state index contributed by atoms with van der Waals surface area (Å²) >= 11 is 0. The molecular weight excluding hydrogens is 526 g/mol. The number of aryl methyl sites for hydroxylation is 1. The zero-order valence-electron chi connectivity index (χ0n) is 24.0. The van der Waals surface area contributed by atoms with Crippen molar-refractivity contribution in [2.75, 3.05) is 13.1 Å². The molecule has 1 saturated heterocycles. The third kappa shape index (κ3) is 7.32. The van der Waals surface area contributed by atoms with Crippen molar-refractivity contribution in [1.82, 2.24) is 25.3 Å². The molecule has 1 aliphatic rings. The second-order valence-corrected chi connectivity index (χ2v) is 10.8. The van der Waals surface area contributed by atoms with E-state index >= 15 is 0 Å². The van der Waals surface area contributed by atoms with E-state index in [-0.39, 0.29) is 17.9 Å². The van der Waals surface area contributed by atoms with Crippen molar-refractivity contribution in [1.29, 1.82) is 0 Å². The van der Waals surface area contributed by atoms with Crippen LogP contribution in [0.1, 0.15) is 63.2 Å². The van der Waals surface area contributed by atoms with E-state index in [0.717, 1.165) is 36.1 Å². The minimum absolute atomic E-state index is 0.0328. The van der Waals surface area contributed by atoms with Crippen molar-refractivity contribution in [2.24, 2.45) is 0 Å². The van der Waals surface area contributed by atoms with E-state index in [4.69, 9.17) is 0 Å². The van der Waals surface area contributed by atoms with Crippen LogP contribution in [0.3, 0.4) is 0 Å². The summed E-state index contributed by atoms with van der Waals surface area (Å²) in [5.74, 6) is -0.401. The summed E-state index contributed by atoms with van der Waals surface area (Å²) in [6, 6.07) is 26.3. The molecule has 0 aliphatic carbocycles. The molecule has 0 radical (unpaired) electrons. The molecule has 3 aromatic carbocycles. The number of hydrogen-bond acceptors (Lipinski definition) is 5. The SMILES string of the molecule is CCn1cc(CNC[C@H](O)[C@H](Cc2ccccc2)NC(=O)c2cccc(C(=O)N3CCCC3c3ccccc3)c2)cn1. The number of nitrogens with zero attached hydrogens (tertiary/aromatic N) is 3. The van der Waals surface area contributed by atoms with E-state index in [1.54, 1.807) is 24.3 Å². The molecule has 1 aliphatic heterocycles. The smallest absolute Gasteiger partial charge is 0.254 e. The van der Waals surface area contributed by atoms with Gasteiger partial charge in [0, 0.05) is 49.1 Å². The first-order chi connectivity index (χ1) is 20.5. The zero-order valence-corrected chi connectivity index (χ0v) is 24.0. The average molecular weight is 566 g/mol. The van der Waals surface area contributed by atoms with Crippen LogP contribution >= 0.6 is 0 Å². The first kappa shape index (κ1) is 29.2. The Morgan fingerprint density at radius 3 is 2.45 bits per heavy atom. The summed E-state index contributed by atoms with van der Waals surface area (Å²) in [6.45, 7) is 4.38. The molecule has 0 spiro atoms. The lowest BCUT2D eigenvalue weighted by Crippen LogP contribution is -2.48. The van der Waals surface area contributed by atoms with Crippen molar-refractivity contribution >= 4 is 11.8 Å². The molecule has 2 heterocycles. The Kier molecular flexibility index (Phi) is 9.79. The van der Waals surface area contributed by atoms with E-state index in [1.807, 2.05) is 77.4 Å². The molecule has 2 amide bonds. The van der Waals surface area contributed by atoms with E-state index in [0.29, 0.717) is 37.2 Å². The Bertz CT molecular complexity index is 1460. The normalized spacial score (nSPS) is 16.2. The van der Waals surface area contributed by atoms with Crippen LogP contribution in [0.15, 0.2) is 97.3 Å². The van der Waals surface area contributed by atoms with Gasteiger partial charge >= 0.3 is 0 Å². The summed E-state index contributed by atoms with van der Waals surface area (Å²) in [5.41, 5.74) is 4.04. The predicted octanol–water partition coefficient (Wildman–Crippen LogP) is 4.37. The number of nitrogens with one attached hydrogen (secondary N) is 2. The van der Waals surface area contributed by atoms with E-state index < -0.39 is 12.1 Å². The van der Waals surface area contributed by atoms with E-state index in [1.165, 1.54) is 0 Å². The lowest BCUT2D eigenvalue weighted by molar-refractivity contribution is 0.0735. The van der Waals surface area contributed by atoms with Gasteiger partial charge < -0.3 is 20.6 Å². The third-order valence-corrected chi connectivity index (χ3v) is 7.84. The lowest BCUT2D eigenvalue weighted by Gasteiger charge is -2.26.